The van der Waals surface area contributed by atoms with Crippen molar-refractivity contribution in [1.82, 2.24) is 4.31 Å². The molecule has 0 bridgehead atoms. The van der Waals surface area contributed by atoms with Gasteiger partial charge in [-0.15, -0.1) is 0 Å². The molecule has 0 aromatic heterocycles. The lowest BCUT2D eigenvalue weighted by molar-refractivity contribution is 0.275. The standard InChI is InChI=1S/C14H19NO2S/c1-2-18(16,17)15-10-8-14(9-11-15)12-13-6-4-3-5-7-13/h2-7,14H,1,8-12H2. The molecule has 1 aliphatic heterocycles. The zero-order valence-electron chi connectivity index (χ0n) is 10.5. The van der Waals surface area contributed by atoms with E-state index in [1.54, 1.807) is 0 Å². The Labute approximate surface area is 109 Å². The second-order valence-corrected chi connectivity index (χ2v) is 6.62. The Morgan fingerprint density at radius 3 is 2.39 bits per heavy atom. The largest absolute Gasteiger partial charge is 0.235 e. The second kappa shape index (κ2) is 5.67. The fraction of sp³-hybridized carbons (Fsp3) is 0.429. The summed E-state index contributed by atoms with van der Waals surface area (Å²) < 4.78 is 24.8. The van der Waals surface area contributed by atoms with E-state index in [1.807, 2.05) is 18.2 Å². The summed E-state index contributed by atoms with van der Waals surface area (Å²) in [7, 11) is -3.22. The quantitative estimate of drug-likeness (QED) is 0.838. The molecule has 1 aromatic rings. The lowest BCUT2D eigenvalue weighted by atomic mass is 9.91. The van der Waals surface area contributed by atoms with E-state index in [2.05, 4.69) is 18.7 Å². The van der Waals surface area contributed by atoms with Gasteiger partial charge >= 0.3 is 0 Å². The number of piperidine rings is 1. The first-order chi connectivity index (χ1) is 8.62. The molecule has 0 radical (unpaired) electrons. The highest BCUT2D eigenvalue weighted by atomic mass is 32.2. The molecule has 0 aliphatic carbocycles. The molecule has 0 atom stereocenters. The van der Waals surface area contributed by atoms with Crippen LogP contribution in [0.4, 0.5) is 0 Å². The predicted molar refractivity (Wildman–Crippen MR) is 73.6 cm³/mol. The first-order valence-corrected chi connectivity index (χ1v) is 7.78. The smallest absolute Gasteiger partial charge is 0.208 e. The molecule has 1 heterocycles. The van der Waals surface area contributed by atoms with Crippen LogP contribution in [-0.4, -0.2) is 25.8 Å². The molecule has 0 N–H and O–H groups in total. The van der Waals surface area contributed by atoms with E-state index in [-0.39, 0.29) is 0 Å². The van der Waals surface area contributed by atoms with Gasteiger partial charge in [-0.05, 0) is 30.7 Å². The van der Waals surface area contributed by atoms with E-state index >= 15 is 0 Å². The summed E-state index contributed by atoms with van der Waals surface area (Å²) in [6, 6.07) is 10.4. The van der Waals surface area contributed by atoms with E-state index in [9.17, 15) is 8.42 Å². The van der Waals surface area contributed by atoms with Gasteiger partial charge in [0.15, 0.2) is 0 Å². The Bertz CT molecular complexity index is 488. The van der Waals surface area contributed by atoms with Gasteiger partial charge < -0.3 is 0 Å². The van der Waals surface area contributed by atoms with Crippen molar-refractivity contribution in [2.24, 2.45) is 5.92 Å². The summed E-state index contributed by atoms with van der Waals surface area (Å²) >= 11 is 0. The van der Waals surface area contributed by atoms with E-state index < -0.39 is 10.0 Å². The third-order valence-electron chi connectivity index (χ3n) is 3.51. The number of nitrogens with zero attached hydrogens (tertiary/aromatic N) is 1. The van der Waals surface area contributed by atoms with Crippen molar-refractivity contribution in [2.45, 2.75) is 19.3 Å². The monoisotopic (exact) mass is 265 g/mol. The Morgan fingerprint density at radius 2 is 1.83 bits per heavy atom. The van der Waals surface area contributed by atoms with Crippen LogP contribution >= 0.6 is 0 Å². The number of hydrogen-bond donors (Lipinski definition) is 0. The highest BCUT2D eigenvalue weighted by molar-refractivity contribution is 7.92. The van der Waals surface area contributed by atoms with E-state index in [1.165, 1.54) is 9.87 Å². The maximum Gasteiger partial charge on any atom is 0.235 e. The second-order valence-electron chi connectivity index (χ2n) is 4.74. The van der Waals surface area contributed by atoms with Crippen LogP contribution in [0.2, 0.25) is 0 Å². The molecule has 0 spiro atoms. The first kappa shape index (κ1) is 13.3. The van der Waals surface area contributed by atoms with E-state index in [4.69, 9.17) is 0 Å². The minimum Gasteiger partial charge on any atom is -0.208 e. The van der Waals surface area contributed by atoms with Crippen molar-refractivity contribution in [3.8, 4) is 0 Å². The van der Waals surface area contributed by atoms with Gasteiger partial charge in [0, 0.05) is 18.5 Å². The number of sulfonamides is 1. The summed E-state index contributed by atoms with van der Waals surface area (Å²) in [5, 5.41) is 1.05. The Kier molecular flexibility index (Phi) is 4.19. The number of benzene rings is 1. The van der Waals surface area contributed by atoms with Crippen LogP contribution in [0.5, 0.6) is 0 Å². The van der Waals surface area contributed by atoms with Gasteiger partial charge in [0.1, 0.15) is 0 Å². The highest BCUT2D eigenvalue weighted by Crippen LogP contribution is 2.23. The molecular weight excluding hydrogens is 246 g/mol. The molecule has 1 aliphatic rings. The van der Waals surface area contributed by atoms with Crippen LogP contribution < -0.4 is 0 Å². The lowest BCUT2D eigenvalue weighted by Crippen LogP contribution is -2.37. The molecule has 1 saturated heterocycles. The lowest BCUT2D eigenvalue weighted by Gasteiger charge is -2.30. The molecule has 1 fully saturated rings. The van der Waals surface area contributed by atoms with Crippen LogP contribution in [0.1, 0.15) is 18.4 Å². The SMILES string of the molecule is C=CS(=O)(=O)N1CCC(Cc2ccccc2)CC1. The summed E-state index contributed by atoms with van der Waals surface area (Å²) in [6.07, 6.45) is 2.91. The number of hydrogen-bond acceptors (Lipinski definition) is 2. The summed E-state index contributed by atoms with van der Waals surface area (Å²) in [6.45, 7) is 4.60. The van der Waals surface area contributed by atoms with Crippen molar-refractivity contribution in [1.29, 1.82) is 0 Å². The highest BCUT2D eigenvalue weighted by Gasteiger charge is 2.25. The van der Waals surface area contributed by atoms with Gasteiger partial charge in [-0.25, -0.2) is 8.42 Å². The van der Waals surface area contributed by atoms with Crippen LogP contribution in [0, 0.1) is 5.92 Å². The molecule has 1 aromatic carbocycles. The minimum atomic E-state index is -3.22. The van der Waals surface area contributed by atoms with E-state index in [0.717, 1.165) is 24.7 Å². The van der Waals surface area contributed by atoms with Gasteiger partial charge in [-0.1, -0.05) is 36.9 Å². The number of rotatable bonds is 4. The van der Waals surface area contributed by atoms with Crippen molar-refractivity contribution in [3.05, 3.63) is 47.9 Å². The Morgan fingerprint density at radius 1 is 1.22 bits per heavy atom. The summed E-state index contributed by atoms with van der Waals surface area (Å²) in [5.74, 6) is 0.587. The maximum absolute atomic E-state index is 11.6. The van der Waals surface area contributed by atoms with Crippen molar-refractivity contribution < 1.29 is 8.42 Å². The minimum absolute atomic E-state index is 0.587. The molecule has 0 unspecified atom stereocenters. The molecular formula is C14H19NO2S. The van der Waals surface area contributed by atoms with Crippen molar-refractivity contribution in [2.75, 3.05) is 13.1 Å². The van der Waals surface area contributed by atoms with Crippen LogP contribution in [0.3, 0.4) is 0 Å². The Balaban J connectivity index is 1.90. The van der Waals surface area contributed by atoms with Gasteiger partial charge in [-0.2, -0.15) is 4.31 Å². The maximum atomic E-state index is 11.6. The predicted octanol–water partition coefficient (Wildman–Crippen LogP) is 2.41. The van der Waals surface area contributed by atoms with Crippen molar-refractivity contribution >= 4 is 10.0 Å². The summed E-state index contributed by atoms with van der Waals surface area (Å²) in [5.41, 5.74) is 1.34. The molecule has 98 valence electrons. The topological polar surface area (TPSA) is 37.4 Å². The van der Waals surface area contributed by atoms with Gasteiger partial charge in [0.2, 0.25) is 10.0 Å². The normalized spacial score (nSPS) is 18.7. The fourth-order valence-corrected chi connectivity index (χ4v) is 3.35. The molecule has 3 nitrogen and oxygen atoms in total. The average molecular weight is 265 g/mol. The molecule has 4 heteroatoms. The first-order valence-electron chi connectivity index (χ1n) is 6.28. The van der Waals surface area contributed by atoms with Gasteiger partial charge in [0.05, 0.1) is 0 Å². The van der Waals surface area contributed by atoms with Crippen LogP contribution in [0.25, 0.3) is 0 Å². The van der Waals surface area contributed by atoms with Crippen LogP contribution in [0.15, 0.2) is 42.3 Å². The third-order valence-corrected chi connectivity index (χ3v) is 5.02. The average Bonchev–Trinajstić information content (AvgIpc) is 2.40. The molecule has 18 heavy (non-hydrogen) atoms. The Hall–Kier alpha value is -1.13. The van der Waals surface area contributed by atoms with Crippen molar-refractivity contribution in [3.63, 3.8) is 0 Å². The zero-order valence-corrected chi connectivity index (χ0v) is 11.3. The molecule has 2 rings (SSSR count). The fourth-order valence-electron chi connectivity index (χ4n) is 2.42. The summed E-state index contributed by atoms with van der Waals surface area (Å²) in [4.78, 5) is 0. The molecule has 0 amide bonds. The van der Waals surface area contributed by atoms with Gasteiger partial charge in [-0.3, -0.25) is 0 Å². The molecule has 0 saturated carbocycles. The van der Waals surface area contributed by atoms with Crippen LogP contribution in [-0.2, 0) is 16.4 Å². The zero-order chi connectivity index (χ0) is 13.0. The third kappa shape index (κ3) is 3.21. The van der Waals surface area contributed by atoms with Gasteiger partial charge in [0.25, 0.3) is 0 Å². The van der Waals surface area contributed by atoms with E-state index in [0.29, 0.717) is 19.0 Å².